The van der Waals surface area contributed by atoms with Gasteiger partial charge >= 0.3 is 29.6 Å². The van der Waals surface area contributed by atoms with Crippen LogP contribution < -0.4 is 46.0 Å². The molecule has 3 rings (SSSR count). The van der Waals surface area contributed by atoms with Crippen molar-refractivity contribution in [3.63, 3.8) is 0 Å². The summed E-state index contributed by atoms with van der Waals surface area (Å²) in [5.74, 6) is 0.226. The molecular weight excluding hydrogens is 377 g/mol. The van der Waals surface area contributed by atoms with Crippen LogP contribution in [0.4, 0.5) is 11.4 Å². The predicted molar refractivity (Wildman–Crippen MR) is 109 cm³/mol. The molecule has 1 unspecified atom stereocenters. The average molecular weight is 396 g/mol. The number of anilines is 2. The first-order valence-corrected chi connectivity index (χ1v) is 9.05. The molecule has 2 aromatic rings. The fourth-order valence-corrected chi connectivity index (χ4v) is 3.72. The SMILES string of the molecule is Cc1c(Cl)cccc1/C([NH-])=C/C(N)=N/Nc1ccc2c(c1)SC(C)N2.[Na+]. The number of thioether (sulfide) groups is 1. The second kappa shape index (κ2) is 9.06. The van der Waals surface area contributed by atoms with Crippen LogP contribution in [0.2, 0.25) is 5.02 Å². The molecule has 0 bridgehead atoms. The largest absolute Gasteiger partial charge is 1.00 e. The Morgan fingerprint density at radius 1 is 1.38 bits per heavy atom. The molecule has 0 saturated heterocycles. The van der Waals surface area contributed by atoms with E-state index >= 15 is 0 Å². The van der Waals surface area contributed by atoms with E-state index in [0.29, 0.717) is 10.4 Å². The summed E-state index contributed by atoms with van der Waals surface area (Å²) in [6.07, 6.45) is 1.51. The Hall–Kier alpha value is -1.31. The molecule has 8 heteroatoms. The number of benzene rings is 2. The zero-order valence-electron chi connectivity index (χ0n) is 14.9. The van der Waals surface area contributed by atoms with Crippen molar-refractivity contribution in [1.29, 1.82) is 0 Å². The van der Waals surface area contributed by atoms with Gasteiger partial charge in [0.25, 0.3) is 0 Å². The minimum absolute atomic E-state index is 0. The third-order valence-electron chi connectivity index (χ3n) is 3.81. The van der Waals surface area contributed by atoms with Crippen LogP contribution in [0.1, 0.15) is 18.1 Å². The van der Waals surface area contributed by atoms with Crippen LogP contribution in [-0.4, -0.2) is 11.2 Å². The molecule has 1 heterocycles. The molecule has 5 N–H and O–H groups in total. The van der Waals surface area contributed by atoms with Crippen LogP contribution in [0.25, 0.3) is 11.4 Å². The number of halogens is 1. The van der Waals surface area contributed by atoms with Crippen LogP contribution >= 0.6 is 23.4 Å². The van der Waals surface area contributed by atoms with Gasteiger partial charge in [-0.2, -0.15) is 5.10 Å². The van der Waals surface area contributed by atoms with Crippen LogP contribution in [0.3, 0.4) is 0 Å². The fourth-order valence-electron chi connectivity index (χ4n) is 2.53. The average Bonchev–Trinajstić information content (AvgIpc) is 2.94. The maximum atomic E-state index is 8.19. The van der Waals surface area contributed by atoms with Crippen LogP contribution in [0, 0.1) is 6.92 Å². The molecule has 1 aliphatic heterocycles. The van der Waals surface area contributed by atoms with Crippen molar-refractivity contribution in [2.75, 3.05) is 10.7 Å². The summed E-state index contributed by atoms with van der Waals surface area (Å²) in [5.41, 5.74) is 20.9. The number of fused-ring (bicyclic) bond motifs is 1. The molecule has 0 spiro atoms. The van der Waals surface area contributed by atoms with Crippen molar-refractivity contribution < 1.29 is 29.6 Å². The van der Waals surface area contributed by atoms with E-state index in [9.17, 15) is 0 Å². The number of nitrogens with two attached hydrogens (primary N) is 1. The minimum Gasteiger partial charge on any atom is -0.698 e. The van der Waals surface area contributed by atoms with Gasteiger partial charge in [-0.05, 0) is 55.3 Å². The molecule has 5 nitrogen and oxygen atoms in total. The number of amidine groups is 1. The quantitative estimate of drug-likeness (QED) is 0.321. The second-order valence-electron chi connectivity index (χ2n) is 5.73. The Kier molecular flexibility index (Phi) is 7.32. The van der Waals surface area contributed by atoms with Crippen molar-refractivity contribution in [2.45, 2.75) is 24.1 Å². The van der Waals surface area contributed by atoms with E-state index in [1.54, 1.807) is 17.8 Å². The predicted octanol–water partition coefficient (Wildman–Crippen LogP) is 2.29. The summed E-state index contributed by atoms with van der Waals surface area (Å²) in [7, 11) is 0. The molecule has 0 fully saturated rings. The topological polar surface area (TPSA) is 86.2 Å². The molecule has 1 atom stereocenters. The number of nitrogens with zero attached hydrogens (tertiary/aromatic N) is 1. The number of hydrazone groups is 1. The monoisotopic (exact) mass is 395 g/mol. The van der Waals surface area contributed by atoms with Gasteiger partial charge in [0, 0.05) is 15.6 Å². The molecule has 2 aromatic carbocycles. The molecule has 1 aliphatic rings. The summed E-state index contributed by atoms with van der Waals surface area (Å²) in [4.78, 5) is 1.18. The standard InChI is InChI=1S/C18H19ClN5S.Na/c1-10-13(4-3-5-14(10)19)15(20)9-18(21)24-23-12-6-7-16-17(8-12)25-11(2)22-16;/h3-9,11,20,22-23H,1-2H3,(H2,21,24);/q-1;+1/b15-9-;. The molecule has 0 aliphatic carbocycles. The Bertz CT molecular complexity index is 869. The van der Waals surface area contributed by atoms with E-state index in [4.69, 9.17) is 23.1 Å². The Labute approximate surface area is 184 Å². The number of hydrogen-bond donors (Lipinski definition) is 3. The minimum atomic E-state index is 0. The van der Waals surface area contributed by atoms with E-state index in [-0.39, 0.29) is 41.1 Å². The summed E-state index contributed by atoms with van der Waals surface area (Å²) in [6.45, 7) is 4.00. The molecule has 0 radical (unpaired) electrons. The number of hydrogen-bond acceptors (Lipinski definition) is 4. The third kappa shape index (κ3) is 4.90. The molecule has 130 valence electrons. The van der Waals surface area contributed by atoms with E-state index in [1.165, 1.54) is 11.0 Å². The van der Waals surface area contributed by atoms with Crippen molar-refractivity contribution in [2.24, 2.45) is 10.8 Å². The first kappa shape index (κ1) is 21.0. The Balaban J connectivity index is 0.00000243. The van der Waals surface area contributed by atoms with E-state index < -0.39 is 0 Å². The summed E-state index contributed by atoms with van der Waals surface area (Å²) in [5, 5.41) is 8.51. The van der Waals surface area contributed by atoms with Gasteiger partial charge in [-0.25, -0.2) is 0 Å². The van der Waals surface area contributed by atoms with E-state index in [0.717, 1.165) is 22.5 Å². The van der Waals surface area contributed by atoms with Gasteiger partial charge in [0.1, 0.15) is 5.84 Å². The van der Waals surface area contributed by atoms with Gasteiger partial charge in [0.2, 0.25) is 0 Å². The zero-order valence-corrected chi connectivity index (χ0v) is 18.5. The van der Waals surface area contributed by atoms with Crippen LogP contribution in [-0.2, 0) is 0 Å². The van der Waals surface area contributed by atoms with Crippen LogP contribution in [0.15, 0.2) is 52.5 Å². The first-order valence-electron chi connectivity index (χ1n) is 7.79. The van der Waals surface area contributed by atoms with Crippen molar-refractivity contribution >= 4 is 46.3 Å². The van der Waals surface area contributed by atoms with E-state index in [1.807, 2.05) is 37.3 Å². The van der Waals surface area contributed by atoms with Crippen molar-refractivity contribution in [3.05, 3.63) is 64.4 Å². The summed E-state index contributed by atoms with van der Waals surface area (Å²) in [6, 6.07) is 11.4. The fraction of sp³-hybridized carbons (Fsp3) is 0.167. The maximum absolute atomic E-state index is 8.19. The second-order valence-corrected chi connectivity index (χ2v) is 7.52. The van der Waals surface area contributed by atoms with Crippen molar-refractivity contribution in [1.82, 2.24) is 0 Å². The van der Waals surface area contributed by atoms with Crippen LogP contribution in [0.5, 0.6) is 0 Å². The zero-order chi connectivity index (χ0) is 18.0. The number of rotatable bonds is 4. The maximum Gasteiger partial charge on any atom is 1.00 e. The smallest absolute Gasteiger partial charge is 0.698 e. The van der Waals surface area contributed by atoms with Gasteiger partial charge < -0.3 is 16.8 Å². The van der Waals surface area contributed by atoms with Crippen molar-refractivity contribution in [3.8, 4) is 0 Å². The summed E-state index contributed by atoms with van der Waals surface area (Å²) < 4.78 is 0. The van der Waals surface area contributed by atoms with Gasteiger partial charge in [0.15, 0.2) is 0 Å². The van der Waals surface area contributed by atoms with Gasteiger partial charge in [0.05, 0.1) is 11.1 Å². The molecule has 26 heavy (non-hydrogen) atoms. The van der Waals surface area contributed by atoms with E-state index in [2.05, 4.69) is 22.8 Å². The molecule has 0 aromatic heterocycles. The molecular formula is C18H19ClN5NaS. The van der Waals surface area contributed by atoms with Gasteiger partial charge in [-0.15, -0.1) is 5.70 Å². The molecule has 0 saturated carbocycles. The normalized spacial score (nSPS) is 16.5. The first-order chi connectivity index (χ1) is 11.9. The third-order valence-corrected chi connectivity index (χ3v) is 5.28. The number of nitrogens with one attached hydrogen (secondary N) is 3. The Morgan fingerprint density at radius 2 is 2.15 bits per heavy atom. The van der Waals surface area contributed by atoms with Gasteiger partial charge in [-0.3, -0.25) is 5.43 Å². The van der Waals surface area contributed by atoms with Gasteiger partial charge in [-0.1, -0.05) is 35.5 Å². The Morgan fingerprint density at radius 3 is 2.92 bits per heavy atom. The summed E-state index contributed by atoms with van der Waals surface area (Å²) >= 11 is 7.87. The molecule has 0 amide bonds.